The number of nitrogens with zero attached hydrogens (tertiary/aromatic N) is 4. The molecule has 152 valence electrons. The molecule has 8 heteroatoms. The van der Waals surface area contributed by atoms with E-state index in [0.717, 1.165) is 22.3 Å². The number of hydrogen-bond donors (Lipinski definition) is 2. The van der Waals surface area contributed by atoms with Crippen molar-refractivity contribution in [3.8, 4) is 5.69 Å². The van der Waals surface area contributed by atoms with Crippen LogP contribution in [0.15, 0.2) is 89.9 Å². The number of carbonyl (C=O) groups is 1. The molecule has 0 aliphatic rings. The molecule has 0 bridgehead atoms. The summed E-state index contributed by atoms with van der Waals surface area (Å²) in [5.41, 5.74) is 3.33. The first-order valence-corrected chi connectivity index (χ1v) is 9.70. The van der Waals surface area contributed by atoms with Crippen molar-refractivity contribution >= 4 is 28.4 Å². The number of fused-ring (bicyclic) bond motifs is 1. The smallest absolute Gasteiger partial charge is 0.291 e. The van der Waals surface area contributed by atoms with Crippen molar-refractivity contribution < 1.29 is 9.21 Å². The SMILES string of the molecule is O=C(Nc1cccc(CNc2ncnc3c2cnn3-c2ccccc2)c1)c1ccco1. The van der Waals surface area contributed by atoms with Crippen LogP contribution < -0.4 is 10.6 Å². The second-order valence-corrected chi connectivity index (χ2v) is 6.84. The van der Waals surface area contributed by atoms with E-state index in [-0.39, 0.29) is 11.7 Å². The highest BCUT2D eigenvalue weighted by atomic mass is 16.3. The fraction of sp³-hybridized carbons (Fsp3) is 0.0435. The van der Waals surface area contributed by atoms with Crippen molar-refractivity contribution in [3.05, 3.63) is 96.8 Å². The number of para-hydroxylation sites is 1. The highest BCUT2D eigenvalue weighted by Crippen LogP contribution is 2.22. The van der Waals surface area contributed by atoms with E-state index in [0.29, 0.717) is 18.1 Å². The maximum Gasteiger partial charge on any atom is 0.291 e. The van der Waals surface area contributed by atoms with Crippen LogP contribution in [0.1, 0.15) is 16.1 Å². The molecule has 0 fully saturated rings. The van der Waals surface area contributed by atoms with Crippen molar-refractivity contribution in [1.29, 1.82) is 0 Å². The molecule has 1 amide bonds. The zero-order valence-corrected chi connectivity index (χ0v) is 16.4. The lowest BCUT2D eigenvalue weighted by Gasteiger charge is -2.09. The van der Waals surface area contributed by atoms with Gasteiger partial charge in [-0.3, -0.25) is 4.79 Å². The molecule has 0 spiro atoms. The molecule has 5 aromatic rings. The number of benzene rings is 2. The third-order valence-corrected chi connectivity index (χ3v) is 4.76. The van der Waals surface area contributed by atoms with Gasteiger partial charge >= 0.3 is 0 Å². The third kappa shape index (κ3) is 3.86. The van der Waals surface area contributed by atoms with E-state index < -0.39 is 0 Å². The van der Waals surface area contributed by atoms with Gasteiger partial charge in [0.25, 0.3) is 5.91 Å². The fourth-order valence-electron chi connectivity index (χ4n) is 3.29. The maximum absolute atomic E-state index is 12.2. The predicted molar refractivity (Wildman–Crippen MR) is 117 cm³/mol. The molecule has 5 rings (SSSR count). The molecule has 0 atom stereocenters. The Morgan fingerprint density at radius 1 is 1.00 bits per heavy atom. The van der Waals surface area contributed by atoms with Gasteiger partial charge < -0.3 is 15.1 Å². The minimum absolute atomic E-state index is 0.266. The van der Waals surface area contributed by atoms with Gasteiger partial charge in [0.2, 0.25) is 0 Å². The zero-order chi connectivity index (χ0) is 21.0. The number of aromatic nitrogens is 4. The first-order chi connectivity index (χ1) is 15.3. The number of nitrogens with one attached hydrogen (secondary N) is 2. The summed E-state index contributed by atoms with van der Waals surface area (Å²) in [6.45, 7) is 0.521. The Labute approximate surface area is 177 Å². The maximum atomic E-state index is 12.2. The van der Waals surface area contributed by atoms with Gasteiger partial charge in [-0.1, -0.05) is 30.3 Å². The quantitative estimate of drug-likeness (QED) is 0.434. The van der Waals surface area contributed by atoms with Crippen LogP contribution in [-0.4, -0.2) is 25.7 Å². The third-order valence-electron chi connectivity index (χ3n) is 4.76. The van der Waals surface area contributed by atoms with Crippen LogP contribution in [-0.2, 0) is 6.54 Å². The van der Waals surface area contributed by atoms with Crippen molar-refractivity contribution in [2.45, 2.75) is 6.54 Å². The average Bonchev–Trinajstić information content (AvgIpc) is 3.49. The van der Waals surface area contributed by atoms with Gasteiger partial charge in [-0.05, 0) is 42.0 Å². The molecule has 0 aliphatic heterocycles. The van der Waals surface area contributed by atoms with Crippen molar-refractivity contribution in [3.63, 3.8) is 0 Å². The summed E-state index contributed by atoms with van der Waals surface area (Å²) >= 11 is 0. The van der Waals surface area contributed by atoms with Gasteiger partial charge in [0, 0.05) is 12.2 Å². The number of furan rings is 1. The Hall–Kier alpha value is -4.46. The molecule has 0 aliphatic carbocycles. The Bertz CT molecular complexity index is 1330. The van der Waals surface area contributed by atoms with E-state index in [9.17, 15) is 4.79 Å². The summed E-state index contributed by atoms with van der Waals surface area (Å²) < 4.78 is 6.92. The van der Waals surface area contributed by atoms with E-state index in [2.05, 4.69) is 25.7 Å². The number of anilines is 2. The second kappa shape index (κ2) is 8.11. The zero-order valence-electron chi connectivity index (χ0n) is 16.4. The summed E-state index contributed by atoms with van der Waals surface area (Å²) in [4.78, 5) is 21.0. The number of hydrogen-bond acceptors (Lipinski definition) is 6. The molecule has 2 N–H and O–H groups in total. The largest absolute Gasteiger partial charge is 0.459 e. The predicted octanol–water partition coefficient (Wildman–Crippen LogP) is 4.27. The molecule has 0 saturated carbocycles. The van der Waals surface area contributed by atoms with Gasteiger partial charge in [-0.15, -0.1) is 0 Å². The Morgan fingerprint density at radius 2 is 1.90 bits per heavy atom. The van der Waals surface area contributed by atoms with Crippen LogP contribution in [0.25, 0.3) is 16.7 Å². The molecule has 3 aromatic heterocycles. The topological polar surface area (TPSA) is 97.9 Å². The number of rotatable bonds is 6. The van der Waals surface area contributed by atoms with Crippen LogP contribution in [0.4, 0.5) is 11.5 Å². The highest BCUT2D eigenvalue weighted by molar-refractivity contribution is 6.02. The standard InChI is InChI=1S/C23H18N6O2/c30-23(20-10-5-11-31-20)28-17-7-4-6-16(12-17)13-24-21-19-14-27-29(22(19)26-15-25-21)18-8-2-1-3-9-18/h1-12,14-15H,13H2,(H,28,30)(H,24,25,26). The van der Waals surface area contributed by atoms with Gasteiger partial charge in [0.15, 0.2) is 11.4 Å². The van der Waals surface area contributed by atoms with E-state index in [4.69, 9.17) is 4.42 Å². The van der Waals surface area contributed by atoms with Gasteiger partial charge in [0.05, 0.1) is 23.5 Å². The molecular weight excluding hydrogens is 392 g/mol. The first kappa shape index (κ1) is 18.6. The summed E-state index contributed by atoms with van der Waals surface area (Å²) in [5.74, 6) is 0.667. The number of amides is 1. The highest BCUT2D eigenvalue weighted by Gasteiger charge is 2.12. The van der Waals surface area contributed by atoms with Crippen LogP contribution in [0, 0.1) is 0 Å². The Kier molecular flexibility index (Phi) is 4.86. The molecule has 0 unspecified atom stereocenters. The van der Waals surface area contributed by atoms with Crippen LogP contribution >= 0.6 is 0 Å². The lowest BCUT2D eigenvalue weighted by atomic mass is 10.2. The molecule has 2 aromatic carbocycles. The molecule has 31 heavy (non-hydrogen) atoms. The summed E-state index contributed by atoms with van der Waals surface area (Å²) in [7, 11) is 0. The fourth-order valence-corrected chi connectivity index (χ4v) is 3.29. The normalized spacial score (nSPS) is 10.8. The minimum atomic E-state index is -0.291. The average molecular weight is 410 g/mol. The molecular formula is C23H18N6O2. The van der Waals surface area contributed by atoms with Gasteiger partial charge in [-0.2, -0.15) is 5.10 Å². The lowest BCUT2D eigenvalue weighted by Crippen LogP contribution is -2.11. The van der Waals surface area contributed by atoms with E-state index >= 15 is 0 Å². The van der Waals surface area contributed by atoms with Crippen LogP contribution in [0.5, 0.6) is 0 Å². The van der Waals surface area contributed by atoms with Crippen molar-refractivity contribution in [1.82, 2.24) is 19.7 Å². The number of carbonyl (C=O) groups excluding carboxylic acids is 1. The van der Waals surface area contributed by atoms with Crippen LogP contribution in [0.2, 0.25) is 0 Å². The van der Waals surface area contributed by atoms with Crippen molar-refractivity contribution in [2.24, 2.45) is 0 Å². The van der Waals surface area contributed by atoms with Gasteiger partial charge in [-0.25, -0.2) is 14.6 Å². The summed E-state index contributed by atoms with van der Waals surface area (Å²) in [6, 6.07) is 20.7. The molecule has 0 radical (unpaired) electrons. The van der Waals surface area contributed by atoms with E-state index in [1.807, 2.05) is 54.6 Å². The summed E-state index contributed by atoms with van der Waals surface area (Å²) in [6.07, 6.45) is 4.74. The van der Waals surface area contributed by atoms with Gasteiger partial charge in [0.1, 0.15) is 12.1 Å². The van der Waals surface area contributed by atoms with Crippen LogP contribution in [0.3, 0.4) is 0 Å². The lowest BCUT2D eigenvalue weighted by molar-refractivity contribution is 0.0996. The first-order valence-electron chi connectivity index (χ1n) is 9.70. The monoisotopic (exact) mass is 410 g/mol. The Balaban J connectivity index is 1.33. The Morgan fingerprint density at radius 3 is 2.74 bits per heavy atom. The molecule has 8 nitrogen and oxygen atoms in total. The van der Waals surface area contributed by atoms with Crippen molar-refractivity contribution in [2.75, 3.05) is 10.6 Å². The minimum Gasteiger partial charge on any atom is -0.459 e. The second-order valence-electron chi connectivity index (χ2n) is 6.84. The summed E-state index contributed by atoms with van der Waals surface area (Å²) in [5, 5.41) is 11.5. The molecule has 3 heterocycles. The molecule has 0 saturated heterocycles. The van der Waals surface area contributed by atoms with E-state index in [1.54, 1.807) is 23.0 Å². The van der Waals surface area contributed by atoms with E-state index in [1.165, 1.54) is 12.6 Å².